The Kier molecular flexibility index (Phi) is 4.15. The van der Waals surface area contributed by atoms with Gasteiger partial charge in [-0.3, -0.25) is 4.79 Å². The summed E-state index contributed by atoms with van der Waals surface area (Å²) in [6.07, 6.45) is 3.81. The van der Waals surface area contributed by atoms with Gasteiger partial charge in [0.15, 0.2) is 0 Å². The quantitative estimate of drug-likeness (QED) is 0.840. The first kappa shape index (κ1) is 12.8. The lowest BCUT2D eigenvalue weighted by atomic mass is 9.99. The Hall–Kier alpha value is -1.62. The van der Waals surface area contributed by atoms with E-state index >= 15 is 0 Å². The van der Waals surface area contributed by atoms with E-state index in [1.807, 2.05) is 0 Å². The lowest BCUT2D eigenvalue weighted by Crippen LogP contribution is -2.32. The van der Waals surface area contributed by atoms with Gasteiger partial charge in [0.25, 0.3) is 5.91 Å². The Bertz CT molecular complexity index is 422. The number of nitrogens with two attached hydrogens (primary N) is 1. The Balaban J connectivity index is 1.88. The van der Waals surface area contributed by atoms with Gasteiger partial charge in [-0.15, -0.1) is 0 Å². The molecule has 0 bridgehead atoms. The van der Waals surface area contributed by atoms with Crippen LogP contribution >= 0.6 is 0 Å². The van der Waals surface area contributed by atoms with E-state index in [1.165, 1.54) is 6.20 Å². The maximum absolute atomic E-state index is 11.9. The van der Waals surface area contributed by atoms with Crippen LogP contribution in [0.3, 0.4) is 0 Å². The van der Waals surface area contributed by atoms with Crippen molar-refractivity contribution >= 4 is 11.7 Å². The van der Waals surface area contributed by atoms with Crippen molar-refractivity contribution < 1.29 is 9.53 Å². The fourth-order valence-corrected chi connectivity index (χ4v) is 2.29. The molecule has 2 atom stereocenters. The Morgan fingerprint density at radius 1 is 1.67 bits per heavy atom. The van der Waals surface area contributed by atoms with Gasteiger partial charge in [0.05, 0.1) is 6.10 Å². The van der Waals surface area contributed by atoms with Crippen LogP contribution in [-0.2, 0) is 4.74 Å². The van der Waals surface area contributed by atoms with Gasteiger partial charge in [0.2, 0.25) is 0 Å². The van der Waals surface area contributed by atoms with Gasteiger partial charge in [-0.25, -0.2) is 4.98 Å². The van der Waals surface area contributed by atoms with Crippen molar-refractivity contribution in [3.8, 4) is 0 Å². The fourth-order valence-electron chi connectivity index (χ4n) is 2.29. The van der Waals surface area contributed by atoms with Crippen LogP contribution in [0.1, 0.15) is 30.1 Å². The summed E-state index contributed by atoms with van der Waals surface area (Å²) in [6, 6.07) is 3.24. The molecule has 2 heterocycles. The lowest BCUT2D eigenvalue weighted by Gasteiger charge is -2.17. The van der Waals surface area contributed by atoms with Crippen LogP contribution in [0.4, 0.5) is 5.82 Å². The number of aromatic nitrogens is 1. The Labute approximate surface area is 107 Å². The van der Waals surface area contributed by atoms with Crippen molar-refractivity contribution in [3.05, 3.63) is 23.9 Å². The molecule has 2 rings (SSSR count). The molecule has 0 spiro atoms. The number of nitrogen functional groups attached to an aromatic ring is 1. The SMILES string of the molecule is CCC1OCCC1CNC(=O)c1ccnc(N)c1. The number of amides is 1. The molecule has 0 radical (unpaired) electrons. The maximum atomic E-state index is 11.9. The van der Waals surface area contributed by atoms with E-state index in [-0.39, 0.29) is 12.0 Å². The second-order valence-electron chi connectivity index (χ2n) is 4.55. The first-order valence-electron chi connectivity index (χ1n) is 6.32. The van der Waals surface area contributed by atoms with E-state index in [1.54, 1.807) is 12.1 Å². The third-order valence-corrected chi connectivity index (χ3v) is 3.32. The number of hydrogen-bond acceptors (Lipinski definition) is 4. The third-order valence-electron chi connectivity index (χ3n) is 3.32. The van der Waals surface area contributed by atoms with Gasteiger partial charge >= 0.3 is 0 Å². The van der Waals surface area contributed by atoms with E-state index in [4.69, 9.17) is 10.5 Å². The molecule has 0 aliphatic carbocycles. The molecule has 3 N–H and O–H groups in total. The van der Waals surface area contributed by atoms with E-state index in [0.29, 0.717) is 23.8 Å². The molecule has 1 aromatic rings. The average molecular weight is 249 g/mol. The predicted octanol–water partition coefficient (Wildman–Crippen LogP) is 1.21. The monoisotopic (exact) mass is 249 g/mol. The molecule has 0 aromatic carbocycles. The van der Waals surface area contributed by atoms with Gasteiger partial charge in [0.1, 0.15) is 5.82 Å². The van der Waals surface area contributed by atoms with Crippen LogP contribution in [0, 0.1) is 5.92 Å². The molecule has 1 fully saturated rings. The van der Waals surface area contributed by atoms with E-state index in [2.05, 4.69) is 17.2 Å². The molecule has 2 unspecified atom stereocenters. The number of carbonyl (C=O) groups is 1. The number of nitrogens with zero attached hydrogens (tertiary/aromatic N) is 1. The molecule has 1 aromatic heterocycles. The Morgan fingerprint density at radius 2 is 2.50 bits per heavy atom. The number of carbonyl (C=O) groups excluding carboxylic acids is 1. The lowest BCUT2D eigenvalue weighted by molar-refractivity contribution is 0.0827. The first-order chi connectivity index (χ1) is 8.70. The van der Waals surface area contributed by atoms with Gasteiger partial charge in [-0.2, -0.15) is 0 Å². The second-order valence-corrected chi connectivity index (χ2v) is 4.55. The van der Waals surface area contributed by atoms with Crippen LogP contribution < -0.4 is 11.1 Å². The molecule has 1 aliphatic heterocycles. The third kappa shape index (κ3) is 2.98. The fraction of sp³-hybridized carbons (Fsp3) is 0.538. The molecule has 1 amide bonds. The van der Waals surface area contributed by atoms with E-state index < -0.39 is 0 Å². The summed E-state index contributed by atoms with van der Waals surface area (Å²) in [4.78, 5) is 15.8. The summed E-state index contributed by atoms with van der Waals surface area (Å²) in [7, 11) is 0. The molecule has 0 saturated carbocycles. The Morgan fingerprint density at radius 3 is 3.22 bits per heavy atom. The highest BCUT2D eigenvalue weighted by Crippen LogP contribution is 2.22. The summed E-state index contributed by atoms with van der Waals surface area (Å²) in [6.45, 7) is 3.55. The number of anilines is 1. The number of hydrogen-bond donors (Lipinski definition) is 2. The zero-order chi connectivity index (χ0) is 13.0. The van der Waals surface area contributed by atoms with Crippen molar-refractivity contribution in [2.45, 2.75) is 25.9 Å². The van der Waals surface area contributed by atoms with Gasteiger partial charge in [-0.05, 0) is 25.0 Å². The minimum absolute atomic E-state index is 0.106. The second kappa shape index (κ2) is 5.82. The number of rotatable bonds is 4. The molecule has 1 saturated heterocycles. The highest BCUT2D eigenvalue weighted by atomic mass is 16.5. The zero-order valence-electron chi connectivity index (χ0n) is 10.6. The van der Waals surface area contributed by atoms with Gasteiger partial charge in [0, 0.05) is 30.8 Å². The molecule has 1 aliphatic rings. The first-order valence-corrected chi connectivity index (χ1v) is 6.32. The maximum Gasteiger partial charge on any atom is 0.251 e. The summed E-state index contributed by atoms with van der Waals surface area (Å²) in [5, 5.41) is 2.93. The van der Waals surface area contributed by atoms with Gasteiger partial charge in [-0.1, -0.05) is 6.92 Å². The number of ether oxygens (including phenoxy) is 1. The predicted molar refractivity (Wildman–Crippen MR) is 69.1 cm³/mol. The zero-order valence-corrected chi connectivity index (χ0v) is 10.6. The van der Waals surface area contributed by atoms with Crippen molar-refractivity contribution in [1.29, 1.82) is 0 Å². The van der Waals surface area contributed by atoms with Crippen LogP contribution in [0.5, 0.6) is 0 Å². The highest BCUT2D eigenvalue weighted by Gasteiger charge is 2.26. The topological polar surface area (TPSA) is 77.2 Å². The van der Waals surface area contributed by atoms with Crippen molar-refractivity contribution in [3.63, 3.8) is 0 Å². The molecular formula is C13H19N3O2. The highest BCUT2D eigenvalue weighted by molar-refractivity contribution is 5.94. The molecule has 18 heavy (non-hydrogen) atoms. The van der Waals surface area contributed by atoms with Crippen LogP contribution in [0.15, 0.2) is 18.3 Å². The van der Waals surface area contributed by atoms with Crippen molar-refractivity contribution in [1.82, 2.24) is 10.3 Å². The summed E-state index contributed by atoms with van der Waals surface area (Å²) < 4.78 is 5.59. The summed E-state index contributed by atoms with van der Waals surface area (Å²) >= 11 is 0. The smallest absolute Gasteiger partial charge is 0.251 e. The average Bonchev–Trinajstić information content (AvgIpc) is 2.83. The number of nitrogens with one attached hydrogen (secondary N) is 1. The summed E-state index contributed by atoms with van der Waals surface area (Å²) in [5.74, 6) is 0.669. The van der Waals surface area contributed by atoms with E-state index in [9.17, 15) is 4.79 Å². The van der Waals surface area contributed by atoms with Crippen LogP contribution in [0.2, 0.25) is 0 Å². The van der Waals surface area contributed by atoms with E-state index in [0.717, 1.165) is 19.4 Å². The van der Waals surface area contributed by atoms with Crippen LogP contribution in [0.25, 0.3) is 0 Å². The summed E-state index contributed by atoms with van der Waals surface area (Å²) in [5.41, 5.74) is 6.10. The molecule has 5 heteroatoms. The molecular weight excluding hydrogens is 230 g/mol. The minimum atomic E-state index is -0.106. The van der Waals surface area contributed by atoms with Crippen molar-refractivity contribution in [2.75, 3.05) is 18.9 Å². The number of pyridine rings is 1. The molecule has 98 valence electrons. The normalized spacial score (nSPS) is 22.9. The molecule has 5 nitrogen and oxygen atoms in total. The largest absolute Gasteiger partial charge is 0.384 e. The minimum Gasteiger partial charge on any atom is -0.384 e. The van der Waals surface area contributed by atoms with Gasteiger partial charge < -0.3 is 15.8 Å². The standard InChI is InChI=1S/C13H19N3O2/c1-2-11-10(4-6-18-11)8-16-13(17)9-3-5-15-12(14)7-9/h3,5,7,10-11H,2,4,6,8H2,1H3,(H2,14,15)(H,16,17). The van der Waals surface area contributed by atoms with Crippen molar-refractivity contribution in [2.24, 2.45) is 5.92 Å². The van der Waals surface area contributed by atoms with Crippen LogP contribution in [-0.4, -0.2) is 30.1 Å².